The molecule has 0 aliphatic heterocycles. The van der Waals surface area contributed by atoms with Gasteiger partial charge >= 0.3 is 0 Å². The lowest BCUT2D eigenvalue weighted by Gasteiger charge is -1.99. The lowest BCUT2D eigenvalue weighted by atomic mass is 10.1. The van der Waals surface area contributed by atoms with Gasteiger partial charge in [0.1, 0.15) is 21.9 Å². The summed E-state index contributed by atoms with van der Waals surface area (Å²) in [5.41, 5.74) is 5.92. The zero-order valence-corrected chi connectivity index (χ0v) is 8.98. The molecule has 1 aromatic carbocycles. The van der Waals surface area contributed by atoms with Gasteiger partial charge in [-0.05, 0) is 28.1 Å². The van der Waals surface area contributed by atoms with Crippen molar-refractivity contribution in [2.24, 2.45) is 0 Å². The van der Waals surface area contributed by atoms with E-state index in [1.807, 2.05) is 0 Å². The van der Waals surface area contributed by atoms with Gasteiger partial charge < -0.3 is 10.7 Å². The summed E-state index contributed by atoms with van der Waals surface area (Å²) < 4.78 is 26.5. The zero-order valence-electron chi connectivity index (χ0n) is 7.39. The fourth-order valence-corrected chi connectivity index (χ4v) is 1.73. The van der Waals surface area contributed by atoms with Crippen LogP contribution in [0.2, 0.25) is 0 Å². The number of nitrogens with zero attached hydrogens (tertiary/aromatic N) is 1. The summed E-state index contributed by atoms with van der Waals surface area (Å²) in [5, 5.41) is 0. The molecule has 0 saturated carbocycles. The minimum Gasteiger partial charge on any atom is -0.369 e. The Morgan fingerprint density at radius 1 is 1.33 bits per heavy atom. The van der Waals surface area contributed by atoms with E-state index in [-0.39, 0.29) is 11.5 Å². The van der Waals surface area contributed by atoms with Crippen molar-refractivity contribution in [2.45, 2.75) is 0 Å². The number of nitrogens with one attached hydrogen (secondary N) is 1. The van der Waals surface area contributed by atoms with Gasteiger partial charge in [0.25, 0.3) is 0 Å². The number of nitrogens with two attached hydrogens (primary N) is 1. The number of aromatic amines is 1. The second-order valence-corrected chi connectivity index (χ2v) is 3.70. The second kappa shape index (κ2) is 3.62. The third kappa shape index (κ3) is 1.85. The maximum absolute atomic E-state index is 13.4. The zero-order chi connectivity index (χ0) is 11.0. The highest BCUT2D eigenvalue weighted by molar-refractivity contribution is 9.10. The average Bonchev–Trinajstić information content (AvgIpc) is 2.45. The minimum atomic E-state index is -0.679. The average molecular weight is 274 g/mol. The van der Waals surface area contributed by atoms with Gasteiger partial charge in [0.05, 0.1) is 0 Å². The van der Waals surface area contributed by atoms with E-state index >= 15 is 0 Å². The molecule has 0 atom stereocenters. The van der Waals surface area contributed by atoms with Gasteiger partial charge in [-0.3, -0.25) is 0 Å². The molecule has 3 N–H and O–H groups in total. The molecule has 78 valence electrons. The Morgan fingerprint density at radius 3 is 2.60 bits per heavy atom. The lowest BCUT2D eigenvalue weighted by Crippen LogP contribution is -1.88. The van der Waals surface area contributed by atoms with Crippen LogP contribution in [0.25, 0.3) is 11.3 Å². The molecule has 0 amide bonds. The molecule has 1 heterocycles. The molecule has 0 aliphatic rings. The number of hydrogen-bond donors (Lipinski definition) is 2. The number of halogens is 3. The Balaban J connectivity index is 2.59. The Kier molecular flexibility index (Phi) is 2.44. The SMILES string of the molecule is Nc1nc(-c2ccc(F)cc2F)c(Br)[nH]1. The first-order valence-corrected chi connectivity index (χ1v) is 4.83. The second-order valence-electron chi connectivity index (χ2n) is 2.91. The normalized spacial score (nSPS) is 10.6. The van der Waals surface area contributed by atoms with Crippen LogP contribution >= 0.6 is 15.9 Å². The van der Waals surface area contributed by atoms with Crippen molar-refractivity contribution >= 4 is 21.9 Å². The van der Waals surface area contributed by atoms with Gasteiger partial charge in [0.15, 0.2) is 5.95 Å². The van der Waals surface area contributed by atoms with Crippen molar-refractivity contribution in [3.05, 3.63) is 34.4 Å². The summed E-state index contributed by atoms with van der Waals surface area (Å²) in [4.78, 5) is 6.55. The highest BCUT2D eigenvalue weighted by atomic mass is 79.9. The largest absolute Gasteiger partial charge is 0.369 e. The predicted molar refractivity (Wildman–Crippen MR) is 56.1 cm³/mol. The predicted octanol–water partition coefficient (Wildman–Crippen LogP) is 2.70. The van der Waals surface area contributed by atoms with Crippen LogP contribution in [0.15, 0.2) is 22.8 Å². The molecule has 0 aliphatic carbocycles. The molecule has 0 unspecified atom stereocenters. The van der Waals surface area contributed by atoms with Gasteiger partial charge in [-0.15, -0.1) is 0 Å². The van der Waals surface area contributed by atoms with Crippen molar-refractivity contribution in [3.8, 4) is 11.3 Å². The number of hydrogen-bond acceptors (Lipinski definition) is 2. The van der Waals surface area contributed by atoms with Crippen molar-refractivity contribution in [1.29, 1.82) is 0 Å². The number of rotatable bonds is 1. The smallest absolute Gasteiger partial charge is 0.198 e. The summed E-state index contributed by atoms with van der Waals surface area (Å²) in [6, 6.07) is 3.27. The maximum atomic E-state index is 13.4. The first-order chi connectivity index (χ1) is 7.08. The molecule has 0 fully saturated rings. The van der Waals surface area contributed by atoms with Gasteiger partial charge in [0.2, 0.25) is 0 Å². The third-order valence-corrected chi connectivity index (χ3v) is 2.44. The Morgan fingerprint density at radius 2 is 2.07 bits per heavy atom. The van der Waals surface area contributed by atoms with Crippen LogP contribution in [0.4, 0.5) is 14.7 Å². The molecule has 0 radical (unpaired) electrons. The molecule has 2 rings (SSSR count). The van der Waals surface area contributed by atoms with Crippen molar-refractivity contribution in [3.63, 3.8) is 0 Å². The van der Waals surface area contributed by atoms with Crippen LogP contribution in [0, 0.1) is 11.6 Å². The number of aromatic nitrogens is 2. The molecule has 0 spiro atoms. The van der Waals surface area contributed by atoms with E-state index < -0.39 is 11.6 Å². The van der Waals surface area contributed by atoms with Gasteiger partial charge in [-0.1, -0.05) is 0 Å². The van der Waals surface area contributed by atoms with E-state index in [0.717, 1.165) is 12.1 Å². The molecule has 15 heavy (non-hydrogen) atoms. The highest BCUT2D eigenvalue weighted by Gasteiger charge is 2.13. The van der Waals surface area contributed by atoms with Gasteiger partial charge in [0, 0.05) is 11.6 Å². The number of benzene rings is 1. The van der Waals surface area contributed by atoms with Crippen molar-refractivity contribution < 1.29 is 8.78 Å². The number of nitrogen functional groups attached to an aromatic ring is 1. The monoisotopic (exact) mass is 273 g/mol. The Labute approximate surface area is 92.5 Å². The van der Waals surface area contributed by atoms with Gasteiger partial charge in [-0.25, -0.2) is 13.8 Å². The molecule has 2 aromatic rings. The first kappa shape index (κ1) is 10.1. The Bertz CT molecular complexity index is 510. The van der Waals surface area contributed by atoms with E-state index in [1.165, 1.54) is 6.07 Å². The quantitative estimate of drug-likeness (QED) is 0.840. The molecular weight excluding hydrogens is 268 g/mol. The summed E-state index contributed by atoms with van der Waals surface area (Å²) in [7, 11) is 0. The topological polar surface area (TPSA) is 54.7 Å². The van der Waals surface area contributed by atoms with Crippen LogP contribution in [-0.2, 0) is 0 Å². The molecule has 1 aromatic heterocycles. The van der Waals surface area contributed by atoms with Crippen LogP contribution < -0.4 is 5.73 Å². The van der Waals surface area contributed by atoms with E-state index in [4.69, 9.17) is 5.73 Å². The highest BCUT2D eigenvalue weighted by Crippen LogP contribution is 2.28. The van der Waals surface area contributed by atoms with E-state index in [2.05, 4.69) is 25.9 Å². The van der Waals surface area contributed by atoms with Crippen LogP contribution in [0.3, 0.4) is 0 Å². The molecule has 6 heteroatoms. The number of imidazole rings is 1. The Hall–Kier alpha value is -1.43. The third-order valence-electron chi connectivity index (χ3n) is 1.86. The molecule has 0 bridgehead atoms. The molecule has 3 nitrogen and oxygen atoms in total. The summed E-state index contributed by atoms with van der Waals surface area (Å²) in [5.74, 6) is -1.14. The van der Waals surface area contributed by atoms with Crippen molar-refractivity contribution in [1.82, 2.24) is 9.97 Å². The van der Waals surface area contributed by atoms with Crippen LogP contribution in [-0.4, -0.2) is 9.97 Å². The maximum Gasteiger partial charge on any atom is 0.198 e. The summed E-state index contributed by atoms with van der Waals surface area (Å²) in [6.45, 7) is 0. The van der Waals surface area contributed by atoms with Gasteiger partial charge in [-0.2, -0.15) is 0 Å². The molecule has 0 saturated heterocycles. The van der Waals surface area contributed by atoms with Crippen LogP contribution in [0.5, 0.6) is 0 Å². The summed E-state index contributed by atoms with van der Waals surface area (Å²) in [6.07, 6.45) is 0. The fourth-order valence-electron chi connectivity index (χ4n) is 1.23. The summed E-state index contributed by atoms with van der Waals surface area (Å²) >= 11 is 3.15. The number of anilines is 1. The first-order valence-electron chi connectivity index (χ1n) is 4.04. The standard InChI is InChI=1S/C9H6BrF2N3/c10-8-7(14-9(13)15-8)5-2-1-4(11)3-6(5)12/h1-3H,(H3,13,14,15). The number of H-pyrrole nitrogens is 1. The fraction of sp³-hybridized carbons (Fsp3) is 0. The molecular formula is C9H6BrF2N3. The van der Waals surface area contributed by atoms with Crippen LogP contribution in [0.1, 0.15) is 0 Å². The van der Waals surface area contributed by atoms with Crippen molar-refractivity contribution in [2.75, 3.05) is 5.73 Å². The van der Waals surface area contributed by atoms with E-state index in [1.54, 1.807) is 0 Å². The van der Waals surface area contributed by atoms with E-state index in [0.29, 0.717) is 10.3 Å². The van der Waals surface area contributed by atoms with E-state index in [9.17, 15) is 8.78 Å². The minimum absolute atomic E-state index is 0.167. The lowest BCUT2D eigenvalue weighted by molar-refractivity contribution is 0.585.